The van der Waals surface area contributed by atoms with Crippen LogP contribution in [0.15, 0.2) is 18.2 Å². The maximum absolute atomic E-state index is 11.7. The fourth-order valence-electron chi connectivity index (χ4n) is 1.38. The molecule has 0 saturated heterocycles. The van der Waals surface area contributed by atoms with E-state index < -0.39 is 0 Å². The molecule has 0 aliphatic carbocycles. The van der Waals surface area contributed by atoms with E-state index in [4.69, 9.17) is 5.73 Å². The Morgan fingerprint density at radius 2 is 2.14 bits per heavy atom. The highest BCUT2D eigenvalue weighted by molar-refractivity contribution is 6.00. The molecule has 0 unspecified atom stereocenters. The minimum absolute atomic E-state index is 0.160. The molecule has 0 aliphatic heterocycles. The zero-order valence-corrected chi connectivity index (χ0v) is 8.84. The quantitative estimate of drug-likeness (QED) is 0.587. The molecule has 0 fully saturated rings. The van der Waals surface area contributed by atoms with Gasteiger partial charge in [0.05, 0.1) is 0 Å². The van der Waals surface area contributed by atoms with Crippen LogP contribution in [-0.4, -0.2) is 5.78 Å². The number of hydrogen-bond donors (Lipinski definition) is 1. The minimum Gasteiger partial charge on any atom is -0.398 e. The van der Waals surface area contributed by atoms with Gasteiger partial charge in [0.2, 0.25) is 0 Å². The molecule has 2 heteroatoms. The molecule has 0 radical (unpaired) electrons. The van der Waals surface area contributed by atoms with Crippen molar-refractivity contribution in [2.45, 2.75) is 33.1 Å². The molecule has 0 amide bonds. The summed E-state index contributed by atoms with van der Waals surface area (Å²) >= 11 is 0. The molecule has 0 bridgehead atoms. The molecular formula is C12H17NO. The molecule has 0 heterocycles. The number of ketones is 1. The van der Waals surface area contributed by atoms with Crippen molar-refractivity contribution in [3.63, 3.8) is 0 Å². The lowest BCUT2D eigenvalue weighted by Gasteiger charge is -2.05. The van der Waals surface area contributed by atoms with Gasteiger partial charge in [0.1, 0.15) is 0 Å². The second-order valence-corrected chi connectivity index (χ2v) is 3.62. The Balaban J connectivity index is 2.83. The first kappa shape index (κ1) is 10.8. The predicted octanol–water partition coefficient (Wildman–Crippen LogP) is 2.95. The van der Waals surface area contributed by atoms with Crippen LogP contribution in [0.5, 0.6) is 0 Å². The van der Waals surface area contributed by atoms with Crippen molar-refractivity contribution in [2.24, 2.45) is 0 Å². The maximum Gasteiger partial charge on any atom is 0.164 e. The van der Waals surface area contributed by atoms with E-state index in [0.717, 1.165) is 18.4 Å². The summed E-state index contributed by atoms with van der Waals surface area (Å²) in [4.78, 5) is 11.7. The summed E-state index contributed by atoms with van der Waals surface area (Å²) in [6.07, 6.45) is 2.58. The van der Waals surface area contributed by atoms with E-state index in [1.54, 1.807) is 6.07 Å². The van der Waals surface area contributed by atoms with Crippen LogP contribution >= 0.6 is 0 Å². The summed E-state index contributed by atoms with van der Waals surface area (Å²) in [5.41, 5.74) is 8.10. The first-order valence-electron chi connectivity index (χ1n) is 5.04. The van der Waals surface area contributed by atoms with Gasteiger partial charge in [-0.1, -0.05) is 25.0 Å². The molecule has 1 rings (SSSR count). The SMILES string of the molecule is CCCCC(=O)c1cc(C)ccc1N. The lowest BCUT2D eigenvalue weighted by Crippen LogP contribution is -2.03. The van der Waals surface area contributed by atoms with Crippen LogP contribution in [0.3, 0.4) is 0 Å². The average molecular weight is 191 g/mol. The molecule has 0 spiro atoms. The number of nitrogens with two attached hydrogens (primary N) is 1. The van der Waals surface area contributed by atoms with Gasteiger partial charge in [0.15, 0.2) is 5.78 Å². The Morgan fingerprint density at radius 3 is 2.79 bits per heavy atom. The molecule has 1 aromatic rings. The maximum atomic E-state index is 11.7. The third kappa shape index (κ3) is 2.59. The van der Waals surface area contributed by atoms with Crippen LogP contribution in [0.2, 0.25) is 0 Å². The number of carbonyl (C=O) groups is 1. The highest BCUT2D eigenvalue weighted by atomic mass is 16.1. The number of Topliss-reactive ketones (excluding diaryl/α,β-unsaturated/α-hetero) is 1. The summed E-state index contributed by atoms with van der Waals surface area (Å²) < 4.78 is 0. The van der Waals surface area contributed by atoms with Gasteiger partial charge in [-0.3, -0.25) is 4.79 Å². The van der Waals surface area contributed by atoms with E-state index in [-0.39, 0.29) is 5.78 Å². The number of unbranched alkanes of at least 4 members (excludes halogenated alkanes) is 1. The van der Waals surface area contributed by atoms with Crippen molar-refractivity contribution in [3.8, 4) is 0 Å². The molecule has 76 valence electrons. The van der Waals surface area contributed by atoms with E-state index in [1.165, 1.54) is 0 Å². The summed E-state index contributed by atoms with van der Waals surface area (Å²) in [6.45, 7) is 4.04. The number of rotatable bonds is 4. The van der Waals surface area contributed by atoms with Crippen LogP contribution in [0.4, 0.5) is 5.69 Å². The van der Waals surface area contributed by atoms with Crippen molar-refractivity contribution >= 4 is 11.5 Å². The van der Waals surface area contributed by atoms with Crippen molar-refractivity contribution in [1.82, 2.24) is 0 Å². The number of carbonyl (C=O) groups excluding carboxylic acids is 1. The fourth-order valence-corrected chi connectivity index (χ4v) is 1.38. The normalized spacial score (nSPS) is 10.1. The molecule has 0 atom stereocenters. The average Bonchev–Trinajstić information content (AvgIpc) is 2.18. The zero-order valence-electron chi connectivity index (χ0n) is 8.84. The number of aryl methyl sites for hydroxylation is 1. The van der Waals surface area contributed by atoms with Gasteiger partial charge < -0.3 is 5.73 Å². The number of nitrogen functional groups attached to an aromatic ring is 1. The van der Waals surface area contributed by atoms with Gasteiger partial charge in [0, 0.05) is 17.7 Å². The molecule has 0 aromatic heterocycles. The molecular weight excluding hydrogens is 174 g/mol. The number of benzene rings is 1. The predicted molar refractivity (Wildman–Crippen MR) is 59.4 cm³/mol. The van der Waals surface area contributed by atoms with Gasteiger partial charge in [-0.25, -0.2) is 0 Å². The van der Waals surface area contributed by atoms with Crippen molar-refractivity contribution < 1.29 is 4.79 Å². The standard InChI is InChI=1S/C12H17NO/c1-3-4-5-12(14)10-8-9(2)6-7-11(10)13/h6-8H,3-5,13H2,1-2H3. The topological polar surface area (TPSA) is 43.1 Å². The van der Waals surface area contributed by atoms with Crippen LogP contribution in [0, 0.1) is 6.92 Å². The van der Waals surface area contributed by atoms with Crippen molar-refractivity contribution in [3.05, 3.63) is 29.3 Å². The monoisotopic (exact) mass is 191 g/mol. The smallest absolute Gasteiger partial charge is 0.164 e. The number of anilines is 1. The Hall–Kier alpha value is -1.31. The van der Waals surface area contributed by atoms with E-state index in [9.17, 15) is 4.79 Å². The summed E-state index contributed by atoms with van der Waals surface area (Å²) in [5, 5.41) is 0. The van der Waals surface area contributed by atoms with Gasteiger partial charge in [0.25, 0.3) is 0 Å². The van der Waals surface area contributed by atoms with Gasteiger partial charge >= 0.3 is 0 Å². The minimum atomic E-state index is 0.160. The van der Waals surface area contributed by atoms with Crippen LogP contribution < -0.4 is 5.73 Å². The Labute approximate surface area is 85.1 Å². The highest BCUT2D eigenvalue weighted by Crippen LogP contribution is 2.16. The summed E-state index contributed by atoms with van der Waals surface area (Å²) in [5.74, 6) is 0.160. The van der Waals surface area contributed by atoms with E-state index >= 15 is 0 Å². The third-order valence-electron chi connectivity index (χ3n) is 2.27. The molecule has 1 aromatic carbocycles. The van der Waals surface area contributed by atoms with Crippen LogP contribution in [0.1, 0.15) is 42.1 Å². The molecule has 2 N–H and O–H groups in total. The molecule has 14 heavy (non-hydrogen) atoms. The Kier molecular flexibility index (Phi) is 3.69. The lowest BCUT2D eigenvalue weighted by atomic mass is 10.0. The van der Waals surface area contributed by atoms with E-state index in [0.29, 0.717) is 17.7 Å². The van der Waals surface area contributed by atoms with E-state index in [1.807, 2.05) is 19.1 Å². The first-order valence-corrected chi connectivity index (χ1v) is 5.04. The summed E-state index contributed by atoms with van der Waals surface area (Å²) in [7, 11) is 0. The summed E-state index contributed by atoms with van der Waals surface area (Å²) in [6, 6.07) is 5.59. The van der Waals surface area contributed by atoms with Gasteiger partial charge in [-0.05, 0) is 25.5 Å². The molecule has 2 nitrogen and oxygen atoms in total. The first-order chi connectivity index (χ1) is 6.65. The largest absolute Gasteiger partial charge is 0.398 e. The fraction of sp³-hybridized carbons (Fsp3) is 0.417. The highest BCUT2D eigenvalue weighted by Gasteiger charge is 2.08. The molecule has 0 saturated carbocycles. The zero-order chi connectivity index (χ0) is 10.6. The Bertz CT molecular complexity index is 331. The third-order valence-corrected chi connectivity index (χ3v) is 2.27. The number of hydrogen-bond acceptors (Lipinski definition) is 2. The second-order valence-electron chi connectivity index (χ2n) is 3.62. The lowest BCUT2D eigenvalue weighted by molar-refractivity contribution is 0.0980. The second kappa shape index (κ2) is 4.80. The van der Waals surface area contributed by atoms with Gasteiger partial charge in [-0.15, -0.1) is 0 Å². The van der Waals surface area contributed by atoms with Gasteiger partial charge in [-0.2, -0.15) is 0 Å². The van der Waals surface area contributed by atoms with Crippen LogP contribution in [-0.2, 0) is 0 Å². The van der Waals surface area contributed by atoms with Crippen molar-refractivity contribution in [1.29, 1.82) is 0 Å². The van der Waals surface area contributed by atoms with Crippen LogP contribution in [0.25, 0.3) is 0 Å². The van der Waals surface area contributed by atoms with Crippen molar-refractivity contribution in [2.75, 3.05) is 5.73 Å². The Morgan fingerprint density at radius 1 is 1.43 bits per heavy atom. The van der Waals surface area contributed by atoms with E-state index in [2.05, 4.69) is 6.92 Å². The molecule has 0 aliphatic rings.